The summed E-state index contributed by atoms with van der Waals surface area (Å²) < 4.78 is 5.07. The number of likely N-dealkylation sites (N-methyl/N-ethyl adjacent to an activating group) is 1. The van der Waals surface area contributed by atoms with Crippen molar-refractivity contribution in [3.05, 3.63) is 0 Å². The molecule has 0 bridgehead atoms. The number of aliphatic carboxylic acids is 1. The highest BCUT2D eigenvalue weighted by atomic mass is 16.5. The predicted molar refractivity (Wildman–Crippen MR) is 76.5 cm³/mol. The third-order valence-corrected chi connectivity index (χ3v) is 4.43. The summed E-state index contributed by atoms with van der Waals surface area (Å²) in [6.45, 7) is 2.43. The zero-order valence-corrected chi connectivity index (χ0v) is 12.9. The largest absolute Gasteiger partial charge is 0.481 e. The lowest BCUT2D eigenvalue weighted by atomic mass is 9.69. The molecule has 0 aliphatic heterocycles. The van der Waals surface area contributed by atoms with E-state index in [0.29, 0.717) is 13.0 Å². The number of hydrogen-bond acceptors (Lipinski definition) is 3. The second-order valence-electron chi connectivity index (χ2n) is 6.12. The van der Waals surface area contributed by atoms with Crippen LogP contribution in [0.1, 0.15) is 51.9 Å². The average molecular weight is 285 g/mol. The fraction of sp³-hybridized carbons (Fsp3) is 0.867. The fourth-order valence-electron chi connectivity index (χ4n) is 3.08. The van der Waals surface area contributed by atoms with Gasteiger partial charge in [0.05, 0.1) is 19.1 Å². The number of methoxy groups -OCH3 is 1. The Kier molecular flexibility index (Phi) is 6.46. The van der Waals surface area contributed by atoms with Gasteiger partial charge in [-0.25, -0.2) is 0 Å². The van der Waals surface area contributed by atoms with Gasteiger partial charge in [-0.3, -0.25) is 9.59 Å². The molecule has 0 aromatic carbocycles. The molecule has 1 amide bonds. The maximum Gasteiger partial charge on any atom is 0.303 e. The first-order chi connectivity index (χ1) is 9.40. The first kappa shape index (κ1) is 17.0. The van der Waals surface area contributed by atoms with Crippen LogP contribution in [0.15, 0.2) is 0 Å². The first-order valence-corrected chi connectivity index (χ1v) is 7.36. The maximum absolute atomic E-state index is 12.4. The third kappa shape index (κ3) is 4.78. The van der Waals surface area contributed by atoms with E-state index in [1.807, 2.05) is 6.92 Å². The van der Waals surface area contributed by atoms with E-state index < -0.39 is 5.97 Å². The number of hydrogen-bond donors (Lipinski definition) is 1. The van der Waals surface area contributed by atoms with Crippen molar-refractivity contribution >= 4 is 11.9 Å². The van der Waals surface area contributed by atoms with Crippen LogP contribution in [0.2, 0.25) is 0 Å². The van der Waals surface area contributed by atoms with Gasteiger partial charge in [-0.05, 0) is 25.2 Å². The zero-order valence-electron chi connectivity index (χ0n) is 12.9. The highest BCUT2D eigenvalue weighted by Gasteiger charge is 2.37. The van der Waals surface area contributed by atoms with E-state index in [1.165, 1.54) is 0 Å². The standard InChI is InChI=1S/C15H27NO4/c1-12(11-20-3)16(2)13(17)9-15(10-14(18)19)7-5-4-6-8-15/h12H,4-11H2,1-3H3,(H,18,19). The molecule has 0 saturated heterocycles. The zero-order chi connectivity index (χ0) is 15.2. The summed E-state index contributed by atoms with van der Waals surface area (Å²) in [5.74, 6) is -0.773. The van der Waals surface area contributed by atoms with Gasteiger partial charge in [-0.2, -0.15) is 0 Å². The van der Waals surface area contributed by atoms with E-state index in [-0.39, 0.29) is 23.8 Å². The smallest absolute Gasteiger partial charge is 0.303 e. The van der Waals surface area contributed by atoms with E-state index in [4.69, 9.17) is 9.84 Å². The summed E-state index contributed by atoms with van der Waals surface area (Å²) in [5.41, 5.74) is -0.345. The molecule has 0 aromatic rings. The molecule has 0 radical (unpaired) electrons. The summed E-state index contributed by atoms with van der Waals surface area (Å²) >= 11 is 0. The molecule has 116 valence electrons. The molecular weight excluding hydrogens is 258 g/mol. The molecule has 20 heavy (non-hydrogen) atoms. The van der Waals surface area contributed by atoms with Gasteiger partial charge < -0.3 is 14.7 Å². The summed E-state index contributed by atoms with van der Waals surface area (Å²) in [6, 6.07) is 0.0120. The SMILES string of the molecule is COCC(C)N(C)C(=O)CC1(CC(=O)O)CCCCC1. The molecule has 0 spiro atoms. The van der Waals surface area contributed by atoms with Gasteiger partial charge in [0.1, 0.15) is 0 Å². The van der Waals surface area contributed by atoms with E-state index in [0.717, 1.165) is 32.1 Å². The van der Waals surface area contributed by atoms with Crippen LogP contribution < -0.4 is 0 Å². The highest BCUT2D eigenvalue weighted by Crippen LogP contribution is 2.42. The van der Waals surface area contributed by atoms with Crippen LogP contribution in [-0.2, 0) is 14.3 Å². The van der Waals surface area contributed by atoms with Crippen LogP contribution in [0.3, 0.4) is 0 Å². The number of carboxylic acid groups (broad SMARTS) is 1. The van der Waals surface area contributed by atoms with Gasteiger partial charge in [0.2, 0.25) is 5.91 Å². The molecule has 5 nitrogen and oxygen atoms in total. The number of nitrogens with zero attached hydrogens (tertiary/aromatic N) is 1. The van der Waals surface area contributed by atoms with Crippen molar-refractivity contribution < 1.29 is 19.4 Å². The summed E-state index contributed by atoms with van der Waals surface area (Å²) in [5, 5.41) is 9.13. The van der Waals surface area contributed by atoms with Crippen molar-refractivity contribution in [1.29, 1.82) is 0 Å². The Morgan fingerprint density at radius 2 is 1.85 bits per heavy atom. The summed E-state index contributed by atoms with van der Waals surface area (Å²) in [7, 11) is 3.38. The predicted octanol–water partition coefficient (Wildman–Crippen LogP) is 2.29. The number of rotatable bonds is 7. The molecule has 0 aromatic heterocycles. The Labute approximate surface area is 121 Å². The van der Waals surface area contributed by atoms with E-state index in [2.05, 4.69) is 0 Å². The maximum atomic E-state index is 12.4. The molecule has 1 saturated carbocycles. The monoisotopic (exact) mass is 285 g/mol. The second kappa shape index (κ2) is 7.62. The first-order valence-electron chi connectivity index (χ1n) is 7.36. The minimum Gasteiger partial charge on any atom is -0.481 e. The van der Waals surface area contributed by atoms with E-state index in [9.17, 15) is 9.59 Å². The number of amides is 1. The molecule has 5 heteroatoms. The molecule has 1 unspecified atom stereocenters. The highest BCUT2D eigenvalue weighted by molar-refractivity contribution is 5.78. The lowest BCUT2D eigenvalue weighted by molar-refractivity contribution is -0.143. The molecule has 1 aliphatic rings. The molecular formula is C15H27NO4. The number of carboxylic acids is 1. The van der Waals surface area contributed by atoms with Gasteiger partial charge >= 0.3 is 5.97 Å². The van der Waals surface area contributed by atoms with Crippen LogP contribution in [-0.4, -0.2) is 48.7 Å². The molecule has 1 N–H and O–H groups in total. The topological polar surface area (TPSA) is 66.8 Å². The third-order valence-electron chi connectivity index (χ3n) is 4.43. The lowest BCUT2D eigenvalue weighted by Gasteiger charge is -2.37. The Morgan fingerprint density at radius 3 is 2.35 bits per heavy atom. The quantitative estimate of drug-likeness (QED) is 0.779. The number of carbonyl (C=O) groups is 2. The van der Waals surface area contributed by atoms with Crippen molar-refractivity contribution in [2.24, 2.45) is 5.41 Å². The molecule has 0 heterocycles. The molecule has 1 fully saturated rings. The van der Waals surface area contributed by atoms with Gasteiger partial charge in [-0.1, -0.05) is 19.3 Å². The minimum atomic E-state index is -0.799. The summed E-state index contributed by atoms with van der Waals surface area (Å²) in [4.78, 5) is 25.2. The Balaban J connectivity index is 2.69. The van der Waals surface area contributed by atoms with Gasteiger partial charge in [0, 0.05) is 20.6 Å². The van der Waals surface area contributed by atoms with Gasteiger partial charge in [0.25, 0.3) is 0 Å². The minimum absolute atomic E-state index is 0.0120. The Morgan fingerprint density at radius 1 is 1.25 bits per heavy atom. The molecule has 1 aliphatic carbocycles. The van der Waals surface area contributed by atoms with Gasteiger partial charge in [-0.15, -0.1) is 0 Å². The number of carbonyl (C=O) groups excluding carboxylic acids is 1. The van der Waals surface area contributed by atoms with Crippen molar-refractivity contribution in [3.8, 4) is 0 Å². The lowest BCUT2D eigenvalue weighted by Crippen LogP contribution is -2.41. The number of ether oxygens (including phenoxy) is 1. The summed E-state index contributed by atoms with van der Waals surface area (Å²) in [6.07, 6.45) is 5.32. The van der Waals surface area contributed by atoms with Crippen LogP contribution in [0.5, 0.6) is 0 Å². The second-order valence-corrected chi connectivity index (χ2v) is 6.12. The van der Waals surface area contributed by atoms with E-state index >= 15 is 0 Å². The Hall–Kier alpha value is -1.10. The van der Waals surface area contributed by atoms with Crippen molar-refractivity contribution in [3.63, 3.8) is 0 Å². The molecule has 1 rings (SSSR count). The molecule has 1 atom stereocenters. The van der Waals surface area contributed by atoms with Crippen molar-refractivity contribution in [2.45, 2.75) is 57.9 Å². The average Bonchev–Trinajstić information content (AvgIpc) is 2.37. The van der Waals surface area contributed by atoms with Crippen molar-refractivity contribution in [1.82, 2.24) is 4.90 Å². The Bertz CT molecular complexity index is 337. The fourth-order valence-corrected chi connectivity index (χ4v) is 3.08. The van der Waals surface area contributed by atoms with E-state index in [1.54, 1.807) is 19.1 Å². The van der Waals surface area contributed by atoms with Crippen LogP contribution in [0, 0.1) is 5.41 Å². The van der Waals surface area contributed by atoms with Crippen LogP contribution in [0.4, 0.5) is 0 Å². The van der Waals surface area contributed by atoms with Crippen LogP contribution >= 0.6 is 0 Å². The van der Waals surface area contributed by atoms with Crippen molar-refractivity contribution in [2.75, 3.05) is 20.8 Å². The normalized spacial score (nSPS) is 19.4. The van der Waals surface area contributed by atoms with Gasteiger partial charge in [0.15, 0.2) is 0 Å². The van der Waals surface area contributed by atoms with Crippen LogP contribution in [0.25, 0.3) is 0 Å².